The Morgan fingerprint density at radius 3 is 2.54 bits per heavy atom. The summed E-state index contributed by atoms with van der Waals surface area (Å²) < 4.78 is 30.9. The minimum atomic E-state index is -2.59. The summed E-state index contributed by atoms with van der Waals surface area (Å²) in [5, 5.41) is 3.20. The molecular weight excluding hydrogens is 176 g/mol. The van der Waals surface area contributed by atoms with Crippen LogP contribution < -0.4 is 5.32 Å². The number of rotatable bonds is 0. The van der Waals surface area contributed by atoms with Crippen molar-refractivity contribution in [3.05, 3.63) is 0 Å². The monoisotopic (exact) mass is 191 g/mol. The van der Waals surface area contributed by atoms with Gasteiger partial charge >= 0.3 is 0 Å². The molecule has 0 bridgehead atoms. The first-order valence-corrected chi connectivity index (χ1v) is 4.85. The van der Waals surface area contributed by atoms with Crippen LogP contribution in [-0.2, 0) is 4.74 Å². The van der Waals surface area contributed by atoms with Crippen LogP contribution in [0.3, 0.4) is 0 Å². The lowest BCUT2D eigenvalue weighted by Gasteiger charge is -2.42. The second-order valence-electron chi connectivity index (χ2n) is 4.11. The van der Waals surface area contributed by atoms with Gasteiger partial charge in [0, 0.05) is 13.0 Å². The lowest BCUT2D eigenvalue weighted by molar-refractivity contribution is -0.192. The van der Waals surface area contributed by atoms with E-state index in [2.05, 4.69) is 5.32 Å². The van der Waals surface area contributed by atoms with Gasteiger partial charge in [0.25, 0.3) is 5.92 Å². The van der Waals surface area contributed by atoms with E-state index < -0.39 is 12.5 Å². The molecule has 4 heteroatoms. The van der Waals surface area contributed by atoms with E-state index in [1.54, 1.807) is 0 Å². The number of hydrogen-bond acceptors (Lipinski definition) is 2. The third-order valence-electron chi connectivity index (χ3n) is 2.97. The average molecular weight is 191 g/mol. The number of piperidine rings is 1. The zero-order valence-electron chi connectivity index (χ0n) is 7.61. The highest BCUT2D eigenvalue weighted by Gasteiger charge is 2.44. The van der Waals surface area contributed by atoms with Gasteiger partial charge in [-0.2, -0.15) is 0 Å². The maximum absolute atomic E-state index is 12.8. The molecule has 13 heavy (non-hydrogen) atoms. The number of alkyl halides is 2. The van der Waals surface area contributed by atoms with E-state index in [9.17, 15) is 8.78 Å². The van der Waals surface area contributed by atoms with E-state index >= 15 is 0 Å². The first-order valence-electron chi connectivity index (χ1n) is 4.85. The Hall–Kier alpha value is -0.220. The van der Waals surface area contributed by atoms with Crippen molar-refractivity contribution in [2.75, 3.05) is 19.7 Å². The zero-order valence-corrected chi connectivity index (χ0v) is 7.61. The molecule has 1 spiro atoms. The second kappa shape index (κ2) is 3.17. The molecule has 2 aliphatic heterocycles. The third kappa shape index (κ3) is 1.99. The molecule has 2 fully saturated rings. The summed E-state index contributed by atoms with van der Waals surface area (Å²) in [6, 6.07) is 0. The SMILES string of the molecule is FC1(F)CCC2(CCCNC2)OC1. The van der Waals surface area contributed by atoms with Crippen LogP contribution >= 0.6 is 0 Å². The summed E-state index contributed by atoms with van der Waals surface area (Å²) in [5.41, 5.74) is -0.278. The number of nitrogens with one attached hydrogen (secondary N) is 1. The van der Waals surface area contributed by atoms with Crippen LogP contribution in [-0.4, -0.2) is 31.2 Å². The maximum Gasteiger partial charge on any atom is 0.271 e. The first kappa shape index (κ1) is 9.34. The van der Waals surface area contributed by atoms with Gasteiger partial charge in [-0.1, -0.05) is 0 Å². The van der Waals surface area contributed by atoms with Crippen LogP contribution in [0, 0.1) is 0 Å². The Labute approximate surface area is 76.6 Å². The molecule has 0 aromatic rings. The highest BCUT2D eigenvalue weighted by molar-refractivity contribution is 4.92. The van der Waals surface area contributed by atoms with Crippen LogP contribution in [0.1, 0.15) is 25.7 Å². The molecule has 2 aliphatic rings. The van der Waals surface area contributed by atoms with Gasteiger partial charge < -0.3 is 10.1 Å². The van der Waals surface area contributed by atoms with Crippen LogP contribution in [0.25, 0.3) is 0 Å². The largest absolute Gasteiger partial charge is 0.367 e. The topological polar surface area (TPSA) is 21.3 Å². The van der Waals surface area contributed by atoms with Gasteiger partial charge in [-0.3, -0.25) is 0 Å². The molecule has 1 N–H and O–H groups in total. The van der Waals surface area contributed by atoms with E-state index in [4.69, 9.17) is 4.74 Å². The predicted octanol–water partition coefficient (Wildman–Crippen LogP) is 1.55. The quantitative estimate of drug-likeness (QED) is 0.627. The Morgan fingerprint density at radius 2 is 2.00 bits per heavy atom. The van der Waals surface area contributed by atoms with Crippen molar-refractivity contribution >= 4 is 0 Å². The van der Waals surface area contributed by atoms with Crippen LogP contribution in [0.4, 0.5) is 8.78 Å². The summed E-state index contributed by atoms with van der Waals surface area (Å²) in [7, 11) is 0. The Bertz CT molecular complexity index is 178. The van der Waals surface area contributed by atoms with Crippen LogP contribution in [0.2, 0.25) is 0 Å². The molecule has 1 atom stereocenters. The van der Waals surface area contributed by atoms with Gasteiger partial charge in [0.15, 0.2) is 0 Å². The third-order valence-corrected chi connectivity index (χ3v) is 2.97. The molecule has 76 valence electrons. The van der Waals surface area contributed by atoms with Crippen molar-refractivity contribution in [3.8, 4) is 0 Å². The molecule has 0 amide bonds. The predicted molar refractivity (Wildman–Crippen MR) is 45.0 cm³/mol. The smallest absolute Gasteiger partial charge is 0.271 e. The van der Waals surface area contributed by atoms with Gasteiger partial charge in [0.05, 0.1) is 5.60 Å². The highest BCUT2D eigenvalue weighted by atomic mass is 19.3. The van der Waals surface area contributed by atoms with Crippen molar-refractivity contribution in [2.24, 2.45) is 0 Å². The average Bonchev–Trinajstić information content (AvgIpc) is 2.13. The summed E-state index contributed by atoms with van der Waals surface area (Å²) in [4.78, 5) is 0. The fraction of sp³-hybridized carbons (Fsp3) is 1.00. The van der Waals surface area contributed by atoms with Gasteiger partial charge in [-0.05, 0) is 25.8 Å². The summed E-state index contributed by atoms with van der Waals surface area (Å²) in [6.45, 7) is 1.33. The number of halogens is 2. The van der Waals surface area contributed by atoms with Crippen molar-refractivity contribution in [2.45, 2.75) is 37.2 Å². The highest BCUT2D eigenvalue weighted by Crippen LogP contribution is 2.37. The molecule has 0 aromatic carbocycles. The molecule has 2 rings (SSSR count). The minimum Gasteiger partial charge on any atom is -0.367 e. The van der Waals surface area contributed by atoms with Gasteiger partial charge in [0.2, 0.25) is 0 Å². The van der Waals surface area contributed by atoms with Crippen LogP contribution in [0.15, 0.2) is 0 Å². The van der Waals surface area contributed by atoms with Crippen molar-refractivity contribution in [3.63, 3.8) is 0 Å². The second-order valence-corrected chi connectivity index (χ2v) is 4.11. The molecule has 0 radical (unpaired) electrons. The lowest BCUT2D eigenvalue weighted by atomic mass is 9.86. The minimum absolute atomic E-state index is 0.0192. The summed E-state index contributed by atoms with van der Waals surface area (Å²) in [6.07, 6.45) is 2.43. The molecule has 0 aliphatic carbocycles. The Morgan fingerprint density at radius 1 is 1.15 bits per heavy atom. The first-order chi connectivity index (χ1) is 6.12. The zero-order chi connectivity index (χ0) is 9.36. The fourth-order valence-corrected chi connectivity index (χ4v) is 2.09. The summed E-state index contributed by atoms with van der Waals surface area (Å²) in [5.74, 6) is -2.59. The maximum atomic E-state index is 12.8. The van der Waals surface area contributed by atoms with Crippen molar-refractivity contribution in [1.29, 1.82) is 0 Å². The van der Waals surface area contributed by atoms with Crippen molar-refractivity contribution < 1.29 is 13.5 Å². The lowest BCUT2D eigenvalue weighted by Crippen LogP contribution is -2.53. The van der Waals surface area contributed by atoms with Crippen molar-refractivity contribution in [1.82, 2.24) is 5.32 Å². The molecular formula is C9H15F2NO. The Balaban J connectivity index is 1.95. The Kier molecular flexibility index (Phi) is 2.28. The van der Waals surface area contributed by atoms with Gasteiger partial charge in [-0.15, -0.1) is 0 Å². The van der Waals surface area contributed by atoms with E-state index in [0.29, 0.717) is 6.42 Å². The molecule has 2 saturated heterocycles. The van der Waals surface area contributed by atoms with E-state index in [1.165, 1.54) is 0 Å². The number of ether oxygens (including phenoxy) is 1. The van der Waals surface area contributed by atoms with Gasteiger partial charge in [-0.25, -0.2) is 8.78 Å². The molecule has 2 heterocycles. The van der Waals surface area contributed by atoms with Gasteiger partial charge in [0.1, 0.15) is 6.61 Å². The normalized spacial score (nSPS) is 39.2. The number of hydrogen-bond donors (Lipinski definition) is 1. The molecule has 0 saturated carbocycles. The van der Waals surface area contributed by atoms with E-state index in [-0.39, 0.29) is 12.0 Å². The van der Waals surface area contributed by atoms with E-state index in [1.807, 2.05) is 0 Å². The standard InChI is InChI=1S/C9H15F2NO/c10-9(11)4-3-8(13-7-9)2-1-5-12-6-8/h12H,1-7H2. The molecule has 1 unspecified atom stereocenters. The molecule has 0 aromatic heterocycles. The molecule has 2 nitrogen and oxygen atoms in total. The fourth-order valence-electron chi connectivity index (χ4n) is 2.09. The van der Waals surface area contributed by atoms with Crippen LogP contribution in [0.5, 0.6) is 0 Å². The van der Waals surface area contributed by atoms with E-state index in [0.717, 1.165) is 25.9 Å². The summed E-state index contributed by atoms with van der Waals surface area (Å²) >= 11 is 0.